The minimum Gasteiger partial charge on any atom is -0.483 e. The number of hydrogen-bond donors (Lipinski definition) is 1. The van der Waals surface area contributed by atoms with Crippen LogP contribution in [0, 0.1) is 0 Å². The zero-order valence-corrected chi connectivity index (χ0v) is 9.53. The van der Waals surface area contributed by atoms with Crippen molar-refractivity contribution >= 4 is 5.91 Å². The second-order valence-electron chi connectivity index (χ2n) is 4.23. The molecule has 0 saturated heterocycles. The lowest BCUT2D eigenvalue weighted by Crippen LogP contribution is -2.37. The van der Waals surface area contributed by atoms with Gasteiger partial charge in [-0.15, -0.1) is 0 Å². The normalized spacial score (nSPS) is 24.6. The van der Waals surface area contributed by atoms with E-state index in [-0.39, 0.29) is 11.9 Å². The molecule has 0 spiro atoms. The highest BCUT2D eigenvalue weighted by Gasteiger charge is 2.18. The topological polar surface area (TPSA) is 38.3 Å². The third-order valence-electron chi connectivity index (χ3n) is 2.72. The Balaban J connectivity index is 1.88. The summed E-state index contributed by atoms with van der Waals surface area (Å²) in [5.41, 5.74) is 1.15. The molecule has 2 rings (SSSR count). The highest BCUT2D eigenvalue weighted by molar-refractivity contribution is 5.92. The molecule has 3 nitrogen and oxygen atoms in total. The maximum absolute atomic E-state index is 11.5. The van der Waals surface area contributed by atoms with Gasteiger partial charge in [0.1, 0.15) is 6.61 Å². The maximum atomic E-state index is 11.5. The first-order valence-corrected chi connectivity index (χ1v) is 5.75. The molecule has 86 valence electrons. The molecule has 0 fully saturated rings. The van der Waals surface area contributed by atoms with Gasteiger partial charge in [-0.05, 0) is 37.8 Å². The largest absolute Gasteiger partial charge is 0.483 e. The summed E-state index contributed by atoms with van der Waals surface area (Å²) in [6.45, 7) is 2.47. The van der Waals surface area contributed by atoms with Crippen LogP contribution in [0.5, 0.6) is 0 Å². The van der Waals surface area contributed by atoms with E-state index in [0.29, 0.717) is 12.4 Å². The van der Waals surface area contributed by atoms with Crippen LogP contribution in [0.2, 0.25) is 0 Å². The van der Waals surface area contributed by atoms with Crippen molar-refractivity contribution in [1.82, 2.24) is 5.32 Å². The summed E-state index contributed by atoms with van der Waals surface area (Å²) in [5, 5.41) is 2.85. The van der Waals surface area contributed by atoms with E-state index in [2.05, 4.69) is 23.5 Å². The first kappa shape index (κ1) is 11.0. The summed E-state index contributed by atoms with van der Waals surface area (Å²) in [6.07, 6.45) is 11.2. The molecule has 0 aromatic carbocycles. The summed E-state index contributed by atoms with van der Waals surface area (Å²) >= 11 is 0. The quantitative estimate of drug-likeness (QED) is 0.789. The lowest BCUT2D eigenvalue weighted by molar-refractivity contribution is -0.121. The van der Waals surface area contributed by atoms with E-state index >= 15 is 0 Å². The van der Waals surface area contributed by atoms with E-state index in [1.54, 1.807) is 0 Å². The van der Waals surface area contributed by atoms with Crippen LogP contribution in [0.4, 0.5) is 0 Å². The fourth-order valence-corrected chi connectivity index (χ4v) is 1.79. The van der Waals surface area contributed by atoms with E-state index in [9.17, 15) is 4.79 Å². The van der Waals surface area contributed by atoms with Gasteiger partial charge in [-0.1, -0.05) is 18.2 Å². The molecule has 1 atom stereocenters. The van der Waals surface area contributed by atoms with Crippen molar-refractivity contribution in [3.05, 3.63) is 35.6 Å². The molecule has 0 aromatic rings. The van der Waals surface area contributed by atoms with Gasteiger partial charge in [0.25, 0.3) is 5.91 Å². The lowest BCUT2D eigenvalue weighted by atomic mass is 10.1. The van der Waals surface area contributed by atoms with Crippen molar-refractivity contribution in [3.8, 4) is 0 Å². The Morgan fingerprint density at radius 2 is 2.31 bits per heavy atom. The van der Waals surface area contributed by atoms with E-state index in [4.69, 9.17) is 4.74 Å². The number of rotatable bonds is 3. The first-order chi connectivity index (χ1) is 7.75. The van der Waals surface area contributed by atoms with Gasteiger partial charge in [0, 0.05) is 6.04 Å². The Morgan fingerprint density at radius 3 is 3.00 bits per heavy atom. The van der Waals surface area contributed by atoms with Crippen LogP contribution in [0.15, 0.2) is 35.6 Å². The number of hydrogen-bond acceptors (Lipinski definition) is 2. The molecule has 0 radical (unpaired) electrons. The van der Waals surface area contributed by atoms with E-state index in [1.807, 2.05) is 13.0 Å². The van der Waals surface area contributed by atoms with Gasteiger partial charge in [-0.25, -0.2) is 0 Å². The molecule has 16 heavy (non-hydrogen) atoms. The number of nitrogens with one attached hydrogen (secondary N) is 1. The Morgan fingerprint density at radius 1 is 1.44 bits per heavy atom. The summed E-state index contributed by atoms with van der Waals surface area (Å²) in [5.74, 6) is 0.358. The Bertz CT molecular complexity index is 366. The molecule has 1 N–H and O–H groups in total. The molecule has 2 aliphatic rings. The minimum atomic E-state index is -0.0980. The van der Waals surface area contributed by atoms with Crippen LogP contribution >= 0.6 is 0 Å². The Hall–Kier alpha value is -1.51. The van der Waals surface area contributed by atoms with Crippen molar-refractivity contribution < 1.29 is 9.53 Å². The summed E-state index contributed by atoms with van der Waals surface area (Å²) < 4.78 is 5.51. The molecule has 3 heteroatoms. The summed E-state index contributed by atoms with van der Waals surface area (Å²) in [4.78, 5) is 11.5. The highest BCUT2D eigenvalue weighted by Crippen LogP contribution is 2.14. The number of carbonyl (C=O) groups excluding carboxylic acids is 1. The minimum absolute atomic E-state index is 0.0980. The second kappa shape index (κ2) is 5.01. The zero-order chi connectivity index (χ0) is 11.4. The van der Waals surface area contributed by atoms with E-state index in [0.717, 1.165) is 24.8 Å². The van der Waals surface area contributed by atoms with Crippen molar-refractivity contribution in [1.29, 1.82) is 0 Å². The fourth-order valence-electron chi connectivity index (χ4n) is 1.79. The van der Waals surface area contributed by atoms with Crippen molar-refractivity contribution in [2.75, 3.05) is 6.61 Å². The molecule has 1 aliphatic heterocycles. The number of amides is 1. The van der Waals surface area contributed by atoms with Crippen LogP contribution in [-0.2, 0) is 9.53 Å². The molecule has 0 bridgehead atoms. The molecular weight excluding hydrogens is 202 g/mol. The smallest absolute Gasteiger partial charge is 0.286 e. The average molecular weight is 219 g/mol. The second-order valence-corrected chi connectivity index (χ2v) is 4.23. The third-order valence-corrected chi connectivity index (χ3v) is 2.72. The van der Waals surface area contributed by atoms with Gasteiger partial charge >= 0.3 is 0 Å². The van der Waals surface area contributed by atoms with Crippen molar-refractivity contribution in [3.63, 3.8) is 0 Å². The monoisotopic (exact) mass is 219 g/mol. The van der Waals surface area contributed by atoms with E-state index < -0.39 is 0 Å². The molecular formula is C13H17NO2. The number of carbonyl (C=O) groups is 1. The van der Waals surface area contributed by atoms with Gasteiger partial charge < -0.3 is 10.1 Å². The van der Waals surface area contributed by atoms with Crippen LogP contribution in [0.1, 0.15) is 26.2 Å². The van der Waals surface area contributed by atoms with Gasteiger partial charge in [0.05, 0.1) is 0 Å². The SMILES string of the molecule is CC1CC=C(OCC2=CCCC=C2)C(=O)N1. The van der Waals surface area contributed by atoms with E-state index in [1.165, 1.54) is 0 Å². The molecule has 1 aliphatic carbocycles. The van der Waals surface area contributed by atoms with Crippen LogP contribution in [-0.4, -0.2) is 18.6 Å². The summed E-state index contributed by atoms with van der Waals surface area (Å²) in [6, 6.07) is 0.216. The third kappa shape index (κ3) is 2.75. The van der Waals surface area contributed by atoms with Crippen molar-refractivity contribution in [2.24, 2.45) is 0 Å². The average Bonchev–Trinajstić information content (AvgIpc) is 2.29. The van der Waals surface area contributed by atoms with Crippen LogP contribution < -0.4 is 5.32 Å². The molecule has 1 heterocycles. The van der Waals surface area contributed by atoms with Gasteiger partial charge in [-0.2, -0.15) is 0 Å². The van der Waals surface area contributed by atoms with Gasteiger partial charge in [0.2, 0.25) is 0 Å². The van der Waals surface area contributed by atoms with Gasteiger partial charge in [0.15, 0.2) is 5.76 Å². The number of allylic oxidation sites excluding steroid dienone is 2. The first-order valence-electron chi connectivity index (χ1n) is 5.75. The maximum Gasteiger partial charge on any atom is 0.286 e. The predicted molar refractivity (Wildman–Crippen MR) is 62.7 cm³/mol. The molecule has 1 unspecified atom stereocenters. The Labute approximate surface area is 95.9 Å². The molecule has 0 aromatic heterocycles. The molecule has 1 amide bonds. The lowest BCUT2D eigenvalue weighted by Gasteiger charge is -2.20. The zero-order valence-electron chi connectivity index (χ0n) is 9.53. The summed E-state index contributed by atoms with van der Waals surface area (Å²) in [7, 11) is 0. The van der Waals surface area contributed by atoms with Crippen LogP contribution in [0.3, 0.4) is 0 Å². The highest BCUT2D eigenvalue weighted by atomic mass is 16.5. The standard InChI is InChI=1S/C13H17NO2/c1-10-7-8-12(13(15)14-10)16-9-11-5-3-2-4-6-11/h3,5-6,8,10H,2,4,7,9H2,1H3,(H,14,15). The number of ether oxygens (including phenoxy) is 1. The predicted octanol–water partition coefficient (Wildman–Crippen LogP) is 2.07. The van der Waals surface area contributed by atoms with Crippen molar-refractivity contribution in [2.45, 2.75) is 32.2 Å². The fraction of sp³-hybridized carbons (Fsp3) is 0.462. The molecule has 0 saturated carbocycles. The van der Waals surface area contributed by atoms with Crippen LogP contribution in [0.25, 0.3) is 0 Å². The Kier molecular flexibility index (Phi) is 3.44. The van der Waals surface area contributed by atoms with Gasteiger partial charge in [-0.3, -0.25) is 4.79 Å².